The smallest absolute Gasteiger partial charge is 0.273 e. The predicted molar refractivity (Wildman–Crippen MR) is 80.4 cm³/mol. The Morgan fingerprint density at radius 2 is 2.19 bits per heavy atom. The summed E-state index contributed by atoms with van der Waals surface area (Å²) in [5.74, 6) is 1.25. The summed E-state index contributed by atoms with van der Waals surface area (Å²) in [5, 5.41) is 14.0. The lowest BCUT2D eigenvalue weighted by Crippen LogP contribution is -2.07. The average molecular weight is 287 g/mol. The largest absolute Gasteiger partial charge is 0.489 e. The first-order chi connectivity index (χ1) is 10.2. The number of pyridine rings is 1. The summed E-state index contributed by atoms with van der Waals surface area (Å²) in [6.07, 6.45) is 2.72. The van der Waals surface area contributed by atoms with Gasteiger partial charge in [0.25, 0.3) is 5.69 Å². The van der Waals surface area contributed by atoms with E-state index in [4.69, 9.17) is 4.74 Å². The van der Waals surface area contributed by atoms with Crippen molar-refractivity contribution >= 4 is 11.5 Å². The van der Waals surface area contributed by atoms with Crippen molar-refractivity contribution in [3.8, 4) is 5.75 Å². The molecule has 0 radical (unpaired) electrons. The molecule has 0 spiro atoms. The zero-order chi connectivity index (χ0) is 15.1. The fourth-order valence-corrected chi connectivity index (χ4v) is 1.81. The monoisotopic (exact) mass is 287 g/mol. The minimum Gasteiger partial charge on any atom is -0.489 e. The van der Waals surface area contributed by atoms with E-state index in [0.717, 1.165) is 24.3 Å². The van der Waals surface area contributed by atoms with E-state index in [9.17, 15) is 10.1 Å². The second-order valence-corrected chi connectivity index (χ2v) is 4.48. The Bertz CT molecular complexity index is 617. The van der Waals surface area contributed by atoms with E-state index < -0.39 is 4.92 Å². The second-order valence-electron chi connectivity index (χ2n) is 4.48. The molecule has 0 aliphatic heterocycles. The lowest BCUT2D eigenvalue weighted by molar-refractivity contribution is -0.384. The van der Waals surface area contributed by atoms with Gasteiger partial charge in [0.05, 0.1) is 11.0 Å². The zero-order valence-electron chi connectivity index (χ0n) is 11.8. The van der Waals surface area contributed by atoms with Crippen molar-refractivity contribution in [2.45, 2.75) is 20.0 Å². The van der Waals surface area contributed by atoms with Crippen LogP contribution in [0.4, 0.5) is 11.5 Å². The molecule has 6 nitrogen and oxygen atoms in total. The Morgan fingerprint density at radius 3 is 2.95 bits per heavy atom. The van der Waals surface area contributed by atoms with E-state index in [2.05, 4.69) is 17.2 Å². The standard InChI is InChI=1S/C15H17N3O3/c1-2-8-16-15-12(5-4-9-17-15)11-21-14-7-3-6-13(10-14)18(19)20/h3-7,9-10H,2,8,11H2,1H3,(H,16,17). The van der Waals surface area contributed by atoms with Gasteiger partial charge in [0.1, 0.15) is 18.2 Å². The minimum absolute atomic E-state index is 0.0167. The number of anilines is 1. The molecule has 0 amide bonds. The Hall–Kier alpha value is -2.63. The first-order valence-corrected chi connectivity index (χ1v) is 6.75. The molecule has 0 saturated heterocycles. The molecule has 1 aromatic heterocycles. The Morgan fingerprint density at radius 1 is 1.33 bits per heavy atom. The van der Waals surface area contributed by atoms with E-state index in [1.807, 2.05) is 12.1 Å². The highest BCUT2D eigenvalue weighted by Gasteiger charge is 2.08. The first kappa shape index (κ1) is 14.8. The van der Waals surface area contributed by atoms with Gasteiger partial charge in [-0.25, -0.2) is 4.98 Å². The summed E-state index contributed by atoms with van der Waals surface area (Å²) >= 11 is 0. The number of nitrogens with zero attached hydrogens (tertiary/aromatic N) is 2. The number of hydrogen-bond donors (Lipinski definition) is 1. The van der Waals surface area contributed by atoms with Gasteiger partial charge in [0.2, 0.25) is 0 Å². The predicted octanol–water partition coefficient (Wildman–Crippen LogP) is 3.39. The molecular weight excluding hydrogens is 270 g/mol. The van der Waals surface area contributed by atoms with Crippen LogP contribution in [0.1, 0.15) is 18.9 Å². The van der Waals surface area contributed by atoms with Crippen LogP contribution in [0.25, 0.3) is 0 Å². The van der Waals surface area contributed by atoms with E-state index >= 15 is 0 Å². The zero-order valence-corrected chi connectivity index (χ0v) is 11.8. The molecule has 1 N–H and O–H groups in total. The average Bonchev–Trinajstić information content (AvgIpc) is 2.52. The second kappa shape index (κ2) is 7.23. The van der Waals surface area contributed by atoms with Gasteiger partial charge in [0, 0.05) is 24.4 Å². The van der Waals surface area contributed by atoms with Crippen LogP contribution in [0, 0.1) is 10.1 Å². The topological polar surface area (TPSA) is 77.3 Å². The van der Waals surface area contributed by atoms with Crippen molar-refractivity contribution in [3.05, 3.63) is 58.3 Å². The number of hydrogen-bond acceptors (Lipinski definition) is 5. The maximum Gasteiger partial charge on any atom is 0.273 e. The summed E-state index contributed by atoms with van der Waals surface area (Å²) in [6, 6.07) is 9.90. The summed E-state index contributed by atoms with van der Waals surface area (Å²) in [7, 11) is 0. The number of nitrogens with one attached hydrogen (secondary N) is 1. The Kier molecular flexibility index (Phi) is 5.09. The molecule has 0 bridgehead atoms. The number of rotatable bonds is 7. The summed E-state index contributed by atoms with van der Waals surface area (Å²) in [4.78, 5) is 14.6. The molecule has 0 aliphatic rings. The number of ether oxygens (including phenoxy) is 1. The van der Waals surface area contributed by atoms with Crippen molar-refractivity contribution in [1.29, 1.82) is 0 Å². The molecule has 0 saturated carbocycles. The molecule has 2 aromatic rings. The van der Waals surface area contributed by atoms with Gasteiger partial charge in [-0.05, 0) is 18.6 Å². The van der Waals surface area contributed by atoms with E-state index in [1.165, 1.54) is 12.1 Å². The highest BCUT2D eigenvalue weighted by Crippen LogP contribution is 2.21. The number of benzene rings is 1. The van der Waals surface area contributed by atoms with Crippen LogP contribution in [0.15, 0.2) is 42.6 Å². The van der Waals surface area contributed by atoms with Gasteiger partial charge in [-0.3, -0.25) is 10.1 Å². The van der Waals surface area contributed by atoms with Crippen LogP contribution in [-0.4, -0.2) is 16.5 Å². The van der Waals surface area contributed by atoms with E-state index in [0.29, 0.717) is 12.4 Å². The van der Waals surface area contributed by atoms with Crippen molar-refractivity contribution in [2.24, 2.45) is 0 Å². The third kappa shape index (κ3) is 4.17. The molecule has 0 unspecified atom stereocenters. The lowest BCUT2D eigenvalue weighted by atomic mass is 10.2. The van der Waals surface area contributed by atoms with E-state index in [1.54, 1.807) is 18.3 Å². The lowest BCUT2D eigenvalue weighted by Gasteiger charge is -2.11. The van der Waals surface area contributed by atoms with Crippen LogP contribution in [-0.2, 0) is 6.61 Å². The van der Waals surface area contributed by atoms with Crippen LogP contribution in [0.5, 0.6) is 5.75 Å². The molecule has 0 aliphatic carbocycles. The molecule has 1 heterocycles. The van der Waals surface area contributed by atoms with Gasteiger partial charge in [-0.15, -0.1) is 0 Å². The van der Waals surface area contributed by atoms with E-state index in [-0.39, 0.29) is 5.69 Å². The number of aromatic nitrogens is 1. The Labute approximate surface area is 122 Å². The molecule has 0 fully saturated rings. The third-order valence-corrected chi connectivity index (χ3v) is 2.86. The number of nitro groups is 1. The molecule has 21 heavy (non-hydrogen) atoms. The number of non-ortho nitro benzene ring substituents is 1. The maximum atomic E-state index is 10.7. The number of nitro benzene ring substituents is 1. The van der Waals surface area contributed by atoms with Crippen LogP contribution in [0.3, 0.4) is 0 Å². The summed E-state index contributed by atoms with van der Waals surface area (Å²) < 4.78 is 5.62. The SMILES string of the molecule is CCCNc1ncccc1COc1cccc([N+](=O)[O-])c1. The van der Waals surface area contributed by atoms with Crippen LogP contribution < -0.4 is 10.1 Å². The highest BCUT2D eigenvalue weighted by atomic mass is 16.6. The van der Waals surface area contributed by atoms with Gasteiger partial charge < -0.3 is 10.1 Å². The molecular formula is C15H17N3O3. The fourth-order valence-electron chi connectivity index (χ4n) is 1.81. The highest BCUT2D eigenvalue weighted by molar-refractivity contribution is 5.44. The van der Waals surface area contributed by atoms with Gasteiger partial charge in [-0.2, -0.15) is 0 Å². The molecule has 1 aromatic carbocycles. The van der Waals surface area contributed by atoms with Crippen molar-refractivity contribution in [2.75, 3.05) is 11.9 Å². The molecule has 110 valence electrons. The van der Waals surface area contributed by atoms with Gasteiger partial charge in [0.15, 0.2) is 0 Å². The molecule has 0 atom stereocenters. The minimum atomic E-state index is -0.439. The van der Waals surface area contributed by atoms with Gasteiger partial charge >= 0.3 is 0 Å². The summed E-state index contributed by atoms with van der Waals surface area (Å²) in [5.41, 5.74) is 0.931. The normalized spacial score (nSPS) is 10.1. The third-order valence-electron chi connectivity index (χ3n) is 2.86. The maximum absolute atomic E-state index is 10.7. The van der Waals surface area contributed by atoms with Crippen molar-refractivity contribution < 1.29 is 9.66 Å². The Balaban J connectivity index is 2.06. The van der Waals surface area contributed by atoms with Gasteiger partial charge in [-0.1, -0.05) is 19.1 Å². The molecule has 2 rings (SSSR count). The summed E-state index contributed by atoms with van der Waals surface area (Å²) in [6.45, 7) is 3.22. The molecule has 6 heteroatoms. The first-order valence-electron chi connectivity index (χ1n) is 6.75. The van der Waals surface area contributed by atoms with Crippen molar-refractivity contribution in [1.82, 2.24) is 4.98 Å². The van der Waals surface area contributed by atoms with Crippen LogP contribution in [0.2, 0.25) is 0 Å². The van der Waals surface area contributed by atoms with Crippen molar-refractivity contribution in [3.63, 3.8) is 0 Å². The quantitative estimate of drug-likeness (QED) is 0.624. The van der Waals surface area contributed by atoms with Crippen LogP contribution >= 0.6 is 0 Å². The fraction of sp³-hybridized carbons (Fsp3) is 0.267.